The first-order valence-corrected chi connectivity index (χ1v) is 12.5. The van der Waals surface area contributed by atoms with Crippen LogP contribution in [0.25, 0.3) is 0 Å². The molecule has 12 nitrogen and oxygen atoms in total. The van der Waals surface area contributed by atoms with Gasteiger partial charge in [0.1, 0.15) is 17.1 Å². The van der Waals surface area contributed by atoms with Crippen LogP contribution in [0.5, 0.6) is 0 Å². The minimum Gasteiger partial charge on any atom is -0.477 e. The average molecular weight is 505 g/mol. The molecule has 4 N–H and O–H groups in total. The summed E-state index contributed by atoms with van der Waals surface area (Å²) in [6, 6.07) is -2.20. The number of carboxylic acids is 1. The predicted molar refractivity (Wildman–Crippen MR) is 122 cm³/mol. The van der Waals surface area contributed by atoms with E-state index in [4.69, 9.17) is 5.73 Å². The van der Waals surface area contributed by atoms with E-state index >= 15 is 0 Å². The molecule has 0 spiro atoms. The summed E-state index contributed by atoms with van der Waals surface area (Å²) in [5, 5.41) is 16.1. The Bertz CT molecular complexity index is 1170. The second-order valence-electron chi connectivity index (χ2n) is 8.34. The van der Waals surface area contributed by atoms with Gasteiger partial charge in [0.05, 0.1) is 5.69 Å². The molecule has 1 aromatic rings. The number of carbonyl (C=O) groups is 4. The zero-order chi connectivity index (χ0) is 24.1. The Hall–Kier alpha value is -3.26. The van der Waals surface area contributed by atoms with Crippen molar-refractivity contribution in [3.63, 3.8) is 0 Å². The zero-order valence-corrected chi connectivity index (χ0v) is 19.3. The number of nitrogens with one attached hydrogen (secondary N) is 1. The number of hydrogen-bond acceptors (Lipinski definition) is 10. The molecule has 2 saturated heterocycles. The third-order valence-electron chi connectivity index (χ3n) is 6.17. The number of rotatable bonds is 7. The van der Waals surface area contributed by atoms with Crippen molar-refractivity contribution in [1.29, 1.82) is 0 Å². The van der Waals surface area contributed by atoms with Gasteiger partial charge in [-0.05, 0) is 36.1 Å². The summed E-state index contributed by atoms with van der Waals surface area (Å²) in [6.07, 6.45) is 4.11. The molecule has 3 aliphatic heterocycles. The second kappa shape index (κ2) is 8.51. The Morgan fingerprint density at radius 3 is 2.74 bits per heavy atom. The van der Waals surface area contributed by atoms with Crippen molar-refractivity contribution >= 4 is 51.9 Å². The van der Waals surface area contributed by atoms with E-state index in [1.54, 1.807) is 6.08 Å². The van der Waals surface area contributed by atoms with Crippen molar-refractivity contribution in [3.05, 3.63) is 38.9 Å². The summed E-state index contributed by atoms with van der Waals surface area (Å²) in [7, 11) is 0. The monoisotopic (exact) mass is 504 g/mol. The highest BCUT2D eigenvalue weighted by Gasteiger charge is 2.54. The molecule has 3 atom stereocenters. The number of anilines is 1. The fourth-order valence-electron chi connectivity index (χ4n) is 4.36. The van der Waals surface area contributed by atoms with Crippen LogP contribution in [0.15, 0.2) is 33.5 Å². The van der Waals surface area contributed by atoms with Gasteiger partial charge >= 0.3 is 5.97 Å². The number of nitrogens with zero attached hydrogens (tertiary/aromatic N) is 4. The van der Waals surface area contributed by atoms with E-state index in [2.05, 4.69) is 15.5 Å². The molecule has 178 valence electrons. The Balaban J connectivity index is 1.34. The predicted octanol–water partition coefficient (Wildman–Crippen LogP) is 0.593. The number of aromatic nitrogens is 1. The van der Waals surface area contributed by atoms with Crippen LogP contribution in [-0.2, 0) is 19.2 Å². The van der Waals surface area contributed by atoms with Crippen molar-refractivity contribution in [3.8, 4) is 0 Å². The third-order valence-corrected chi connectivity index (χ3v) is 8.16. The SMILES string of the molecule is Nc1nc(C(N=O)C(=O)N[C@@H]2C(=O)N3C(C(=O)O)=C(C=C4CCN(C5CC5)C4=O)CS[C@H]23)cs1. The Morgan fingerprint density at radius 1 is 1.35 bits per heavy atom. The number of fused-ring (bicyclic) bond motifs is 1. The first-order valence-electron chi connectivity index (χ1n) is 10.6. The van der Waals surface area contributed by atoms with E-state index in [-0.39, 0.29) is 34.2 Å². The first-order chi connectivity index (χ1) is 16.3. The number of aliphatic carboxylic acids is 1. The van der Waals surface area contributed by atoms with Gasteiger partial charge in [-0.1, -0.05) is 0 Å². The molecule has 0 aromatic carbocycles. The number of β-lactam (4-membered cyclic amide) rings is 1. The molecule has 1 unspecified atom stereocenters. The van der Waals surface area contributed by atoms with Gasteiger partial charge in [0, 0.05) is 29.3 Å². The first kappa shape index (κ1) is 22.5. The lowest BCUT2D eigenvalue weighted by Crippen LogP contribution is -2.70. The van der Waals surface area contributed by atoms with Crippen LogP contribution in [-0.4, -0.2) is 73.3 Å². The molecular formula is C20H20N6O6S2. The fraction of sp³-hybridized carbons (Fsp3) is 0.450. The highest BCUT2D eigenvalue weighted by Crippen LogP contribution is 2.42. The zero-order valence-electron chi connectivity index (χ0n) is 17.7. The number of nitroso groups, excluding NO2 is 1. The molecule has 4 aliphatic rings. The lowest BCUT2D eigenvalue weighted by Gasteiger charge is -2.49. The molecule has 1 aromatic heterocycles. The number of amides is 3. The largest absolute Gasteiger partial charge is 0.477 e. The normalized spacial score (nSPS) is 26.4. The number of nitrogens with two attached hydrogens (primary N) is 1. The van der Waals surface area contributed by atoms with E-state index < -0.39 is 35.2 Å². The lowest BCUT2D eigenvalue weighted by molar-refractivity contribution is -0.150. The number of likely N-dealkylation sites (tertiary alicyclic amines) is 1. The van der Waals surface area contributed by atoms with Gasteiger partial charge in [-0.3, -0.25) is 19.3 Å². The number of hydrogen-bond donors (Lipinski definition) is 3. The van der Waals surface area contributed by atoms with Gasteiger partial charge in [0.15, 0.2) is 5.13 Å². The number of nitrogen functional groups attached to an aromatic ring is 1. The van der Waals surface area contributed by atoms with E-state index in [0.717, 1.165) is 29.1 Å². The van der Waals surface area contributed by atoms with Crippen LogP contribution >= 0.6 is 23.1 Å². The topological polar surface area (TPSA) is 175 Å². The van der Waals surface area contributed by atoms with Crippen molar-refractivity contribution in [2.24, 2.45) is 5.18 Å². The highest BCUT2D eigenvalue weighted by molar-refractivity contribution is 8.00. The molecule has 4 heterocycles. The van der Waals surface area contributed by atoms with Gasteiger partial charge in [-0.25, -0.2) is 9.78 Å². The molecule has 14 heteroatoms. The molecule has 3 amide bonds. The van der Waals surface area contributed by atoms with E-state index in [9.17, 15) is 29.2 Å². The van der Waals surface area contributed by atoms with Crippen LogP contribution in [0, 0.1) is 4.91 Å². The minimum absolute atomic E-state index is 0.0800. The molecule has 3 fully saturated rings. The van der Waals surface area contributed by atoms with E-state index in [0.29, 0.717) is 24.1 Å². The smallest absolute Gasteiger partial charge is 0.352 e. The van der Waals surface area contributed by atoms with Crippen LogP contribution in [0.1, 0.15) is 31.0 Å². The highest BCUT2D eigenvalue weighted by atomic mass is 32.2. The number of thioether (sulfide) groups is 1. The van der Waals surface area contributed by atoms with E-state index in [1.807, 2.05) is 4.90 Å². The van der Waals surface area contributed by atoms with Crippen LogP contribution in [0.4, 0.5) is 5.13 Å². The second-order valence-corrected chi connectivity index (χ2v) is 10.3. The molecule has 0 radical (unpaired) electrons. The number of thiazole rings is 1. The maximum atomic E-state index is 12.9. The van der Waals surface area contributed by atoms with Gasteiger partial charge < -0.3 is 21.1 Å². The van der Waals surface area contributed by atoms with Crippen molar-refractivity contribution in [2.45, 2.75) is 42.8 Å². The summed E-state index contributed by atoms with van der Waals surface area (Å²) in [5.41, 5.74) is 6.36. The van der Waals surface area contributed by atoms with Crippen LogP contribution in [0.3, 0.4) is 0 Å². The summed E-state index contributed by atoms with van der Waals surface area (Å²) < 4.78 is 0. The van der Waals surface area contributed by atoms with Gasteiger partial charge in [-0.15, -0.1) is 28.0 Å². The quantitative estimate of drug-likeness (QED) is 0.273. The van der Waals surface area contributed by atoms with Gasteiger partial charge in [-0.2, -0.15) is 0 Å². The van der Waals surface area contributed by atoms with Crippen LogP contribution < -0.4 is 11.1 Å². The summed E-state index contributed by atoms with van der Waals surface area (Å²) in [5.74, 6) is -2.55. The minimum atomic E-state index is -1.47. The number of carboxylic acid groups (broad SMARTS) is 1. The molecule has 34 heavy (non-hydrogen) atoms. The van der Waals surface area contributed by atoms with Crippen molar-refractivity contribution < 1.29 is 24.3 Å². The Kier molecular flexibility index (Phi) is 5.64. The molecule has 0 bridgehead atoms. The lowest BCUT2D eigenvalue weighted by atomic mass is 10.0. The average Bonchev–Trinajstić information content (AvgIpc) is 3.46. The van der Waals surface area contributed by atoms with Crippen molar-refractivity contribution in [2.75, 3.05) is 18.0 Å². The van der Waals surface area contributed by atoms with Crippen molar-refractivity contribution in [1.82, 2.24) is 20.1 Å². The molecule has 1 saturated carbocycles. The maximum absolute atomic E-state index is 12.9. The Labute approximate surface area is 201 Å². The molecule has 1 aliphatic carbocycles. The van der Waals surface area contributed by atoms with E-state index in [1.165, 1.54) is 17.1 Å². The Morgan fingerprint density at radius 2 is 2.12 bits per heavy atom. The molecular weight excluding hydrogens is 484 g/mol. The fourth-order valence-corrected chi connectivity index (χ4v) is 6.25. The number of allylic oxidation sites excluding steroid dienone is 1. The summed E-state index contributed by atoms with van der Waals surface area (Å²) in [6.45, 7) is 0.619. The number of carbonyl (C=O) groups excluding carboxylic acids is 3. The molecule has 5 rings (SSSR count). The standard InChI is InChI=1S/C20H20N6O6S2/c21-20-22-11(7-34-20)12(24-32)15(27)23-13-17(29)26-14(19(30)31)9(6-33-18(13)26)5-8-3-4-25(16(8)28)10-1-2-10/h5,7,10,12-13,18H,1-4,6H2,(H2,21,22)(H,23,27)(H,30,31)/t12?,13-,18-/m1/s1. The third kappa shape index (κ3) is 3.76. The maximum Gasteiger partial charge on any atom is 0.352 e. The van der Waals surface area contributed by atoms with Crippen LogP contribution in [0.2, 0.25) is 0 Å². The summed E-state index contributed by atoms with van der Waals surface area (Å²) in [4.78, 5) is 68.2. The van der Waals surface area contributed by atoms with Gasteiger partial charge in [0.25, 0.3) is 11.8 Å². The summed E-state index contributed by atoms with van der Waals surface area (Å²) >= 11 is 2.33. The van der Waals surface area contributed by atoms with Gasteiger partial charge in [0.2, 0.25) is 11.9 Å².